The third kappa shape index (κ3) is 2.73. The topological polar surface area (TPSA) is 42.4 Å². The van der Waals surface area contributed by atoms with Crippen LogP contribution in [-0.2, 0) is 11.2 Å². The number of methoxy groups -OCH3 is 1. The number of aromatic nitrogens is 1. The minimum absolute atomic E-state index is 0.0655. The highest BCUT2D eigenvalue weighted by Crippen LogP contribution is 2.36. The molecular weight excluding hydrogens is 226 g/mol. The molecule has 16 heavy (non-hydrogen) atoms. The number of aliphatic hydroxyl groups is 1. The second-order valence-electron chi connectivity index (χ2n) is 4.28. The molecule has 1 aromatic rings. The van der Waals surface area contributed by atoms with Crippen molar-refractivity contribution < 1.29 is 9.84 Å². The molecule has 2 rings (SSSR count). The van der Waals surface area contributed by atoms with Gasteiger partial charge >= 0.3 is 0 Å². The zero-order valence-corrected chi connectivity index (χ0v) is 10.0. The van der Waals surface area contributed by atoms with Gasteiger partial charge in [0.15, 0.2) is 0 Å². The van der Waals surface area contributed by atoms with Crippen LogP contribution >= 0.6 is 11.6 Å². The second kappa shape index (κ2) is 5.13. The maximum absolute atomic E-state index is 10.1. The number of nitrogens with zero attached hydrogens (tertiary/aromatic N) is 1. The molecule has 3 nitrogen and oxygen atoms in total. The zero-order valence-electron chi connectivity index (χ0n) is 9.27. The average Bonchev–Trinajstić information content (AvgIpc) is 3.07. The molecule has 0 saturated heterocycles. The first-order valence-electron chi connectivity index (χ1n) is 5.51. The zero-order chi connectivity index (χ0) is 11.5. The molecule has 0 bridgehead atoms. The van der Waals surface area contributed by atoms with Crippen molar-refractivity contribution in [2.24, 2.45) is 5.92 Å². The predicted octanol–water partition coefficient (Wildman–Crippen LogP) is 2.06. The molecule has 88 valence electrons. The lowest BCUT2D eigenvalue weighted by molar-refractivity contribution is -0.0237. The first kappa shape index (κ1) is 11.8. The molecule has 0 spiro atoms. The van der Waals surface area contributed by atoms with Crippen LogP contribution in [0.4, 0.5) is 0 Å². The van der Waals surface area contributed by atoms with E-state index < -0.39 is 6.10 Å². The lowest BCUT2D eigenvalue weighted by atomic mass is 10.0. The summed E-state index contributed by atoms with van der Waals surface area (Å²) in [6.07, 6.45) is 5.56. The number of rotatable bonds is 5. The summed E-state index contributed by atoms with van der Waals surface area (Å²) in [5, 5.41) is 10.7. The second-order valence-corrected chi connectivity index (χ2v) is 4.68. The van der Waals surface area contributed by atoms with Crippen LogP contribution in [0.1, 0.15) is 18.4 Å². The van der Waals surface area contributed by atoms with Gasteiger partial charge in [-0.2, -0.15) is 0 Å². The van der Waals surface area contributed by atoms with Gasteiger partial charge in [0, 0.05) is 25.9 Å². The Morgan fingerprint density at radius 1 is 1.62 bits per heavy atom. The van der Waals surface area contributed by atoms with Crippen molar-refractivity contribution in [2.75, 3.05) is 7.11 Å². The van der Waals surface area contributed by atoms with Crippen molar-refractivity contribution in [3.63, 3.8) is 0 Å². The molecule has 2 unspecified atom stereocenters. The fourth-order valence-corrected chi connectivity index (χ4v) is 2.20. The van der Waals surface area contributed by atoms with Gasteiger partial charge in [0.2, 0.25) is 0 Å². The monoisotopic (exact) mass is 241 g/mol. The standard InChI is InChI=1S/C12H16ClNO2/c1-16-12(8-2-3-8)11(15)6-9-4-5-14-7-10(9)13/h4-5,7-8,11-12,15H,2-3,6H2,1H3. The Kier molecular flexibility index (Phi) is 3.79. The van der Waals surface area contributed by atoms with Crippen LogP contribution in [-0.4, -0.2) is 29.4 Å². The van der Waals surface area contributed by atoms with E-state index in [4.69, 9.17) is 16.3 Å². The number of halogens is 1. The fourth-order valence-electron chi connectivity index (χ4n) is 2.00. The van der Waals surface area contributed by atoms with Crippen LogP contribution in [0.3, 0.4) is 0 Å². The molecule has 1 saturated carbocycles. The molecular formula is C12H16ClNO2. The van der Waals surface area contributed by atoms with E-state index in [0.29, 0.717) is 17.4 Å². The van der Waals surface area contributed by atoms with Crippen molar-refractivity contribution in [2.45, 2.75) is 31.5 Å². The molecule has 1 aliphatic carbocycles. The molecule has 1 aromatic heterocycles. The molecule has 1 aliphatic rings. The van der Waals surface area contributed by atoms with Crippen LogP contribution in [0.5, 0.6) is 0 Å². The van der Waals surface area contributed by atoms with Crippen LogP contribution in [0, 0.1) is 5.92 Å². The van der Waals surface area contributed by atoms with E-state index in [1.165, 1.54) is 0 Å². The number of ether oxygens (including phenoxy) is 1. The van der Waals surface area contributed by atoms with E-state index >= 15 is 0 Å². The lowest BCUT2D eigenvalue weighted by Gasteiger charge is -2.21. The smallest absolute Gasteiger partial charge is 0.0861 e. The van der Waals surface area contributed by atoms with Gasteiger partial charge in [-0.25, -0.2) is 0 Å². The van der Waals surface area contributed by atoms with E-state index in [-0.39, 0.29) is 6.10 Å². The molecule has 0 aliphatic heterocycles. The van der Waals surface area contributed by atoms with E-state index in [1.807, 2.05) is 6.07 Å². The van der Waals surface area contributed by atoms with Gasteiger partial charge in [-0.1, -0.05) is 11.6 Å². The van der Waals surface area contributed by atoms with Crippen LogP contribution in [0.15, 0.2) is 18.5 Å². The minimum Gasteiger partial charge on any atom is -0.390 e. The third-order valence-electron chi connectivity index (χ3n) is 3.02. The van der Waals surface area contributed by atoms with Crippen molar-refractivity contribution in [3.05, 3.63) is 29.0 Å². The lowest BCUT2D eigenvalue weighted by Crippen LogP contribution is -2.31. The largest absolute Gasteiger partial charge is 0.390 e. The molecule has 1 N–H and O–H groups in total. The molecule has 4 heteroatoms. The average molecular weight is 242 g/mol. The van der Waals surface area contributed by atoms with E-state index in [0.717, 1.165) is 18.4 Å². The Hall–Kier alpha value is -0.640. The van der Waals surface area contributed by atoms with E-state index in [9.17, 15) is 5.11 Å². The van der Waals surface area contributed by atoms with Crippen LogP contribution in [0.25, 0.3) is 0 Å². The Labute approximate surface area is 100 Å². The molecule has 1 heterocycles. The molecule has 0 radical (unpaired) electrons. The van der Waals surface area contributed by atoms with Crippen molar-refractivity contribution in [1.29, 1.82) is 0 Å². The maximum Gasteiger partial charge on any atom is 0.0861 e. The molecule has 2 atom stereocenters. The highest BCUT2D eigenvalue weighted by atomic mass is 35.5. The summed E-state index contributed by atoms with van der Waals surface area (Å²) < 4.78 is 5.34. The number of aliphatic hydroxyl groups excluding tert-OH is 1. The maximum atomic E-state index is 10.1. The van der Waals surface area contributed by atoms with Crippen molar-refractivity contribution >= 4 is 11.6 Å². The van der Waals surface area contributed by atoms with Gasteiger partial charge in [0.25, 0.3) is 0 Å². The van der Waals surface area contributed by atoms with Gasteiger partial charge < -0.3 is 9.84 Å². The van der Waals surface area contributed by atoms with Gasteiger partial charge in [-0.15, -0.1) is 0 Å². The Morgan fingerprint density at radius 2 is 2.38 bits per heavy atom. The molecule has 1 fully saturated rings. The Morgan fingerprint density at radius 3 is 2.94 bits per heavy atom. The van der Waals surface area contributed by atoms with Gasteiger partial charge in [-0.05, 0) is 30.4 Å². The first-order chi connectivity index (χ1) is 7.72. The predicted molar refractivity (Wildman–Crippen MR) is 62.5 cm³/mol. The Balaban J connectivity index is 2.00. The number of hydrogen-bond donors (Lipinski definition) is 1. The van der Waals surface area contributed by atoms with Gasteiger partial charge in [0.1, 0.15) is 0 Å². The minimum atomic E-state index is -0.489. The van der Waals surface area contributed by atoms with Crippen molar-refractivity contribution in [1.82, 2.24) is 4.98 Å². The molecule has 0 amide bonds. The summed E-state index contributed by atoms with van der Waals surface area (Å²) in [5.74, 6) is 0.514. The highest BCUT2D eigenvalue weighted by molar-refractivity contribution is 6.31. The summed E-state index contributed by atoms with van der Waals surface area (Å²) >= 11 is 6.00. The SMILES string of the molecule is COC(C(O)Cc1ccncc1Cl)C1CC1. The quantitative estimate of drug-likeness (QED) is 0.858. The van der Waals surface area contributed by atoms with Gasteiger partial charge in [-0.3, -0.25) is 4.98 Å². The summed E-state index contributed by atoms with van der Waals surface area (Å²) in [7, 11) is 1.65. The van der Waals surface area contributed by atoms with Gasteiger partial charge in [0.05, 0.1) is 17.2 Å². The highest BCUT2D eigenvalue weighted by Gasteiger charge is 2.36. The third-order valence-corrected chi connectivity index (χ3v) is 3.36. The summed E-state index contributed by atoms with van der Waals surface area (Å²) in [6.45, 7) is 0. The summed E-state index contributed by atoms with van der Waals surface area (Å²) in [4.78, 5) is 3.92. The first-order valence-corrected chi connectivity index (χ1v) is 5.89. The van der Waals surface area contributed by atoms with Crippen LogP contribution in [0.2, 0.25) is 5.02 Å². The summed E-state index contributed by atoms with van der Waals surface area (Å²) in [6, 6.07) is 1.84. The fraction of sp³-hybridized carbons (Fsp3) is 0.583. The van der Waals surface area contributed by atoms with Crippen molar-refractivity contribution in [3.8, 4) is 0 Å². The molecule has 0 aromatic carbocycles. The summed E-state index contributed by atoms with van der Waals surface area (Å²) in [5.41, 5.74) is 0.923. The van der Waals surface area contributed by atoms with E-state index in [2.05, 4.69) is 4.98 Å². The van der Waals surface area contributed by atoms with E-state index in [1.54, 1.807) is 19.5 Å². The Bertz CT molecular complexity index is 355. The number of pyridine rings is 1. The number of hydrogen-bond acceptors (Lipinski definition) is 3. The van der Waals surface area contributed by atoms with Crippen LogP contribution < -0.4 is 0 Å². The normalized spacial score (nSPS) is 19.4.